The monoisotopic (exact) mass is 431 g/mol. The fraction of sp³-hybridized carbons (Fsp3) is 0.792. The molecule has 0 unspecified atom stereocenters. The molecule has 0 aromatic carbocycles. The van der Waals surface area contributed by atoms with Crippen LogP contribution in [0.2, 0.25) is 0 Å². The van der Waals surface area contributed by atoms with Gasteiger partial charge in [0.15, 0.2) is 0 Å². The molecular weight excluding hydrogens is 390 g/mol. The minimum atomic E-state index is 0.0155. The van der Waals surface area contributed by atoms with Crippen molar-refractivity contribution in [2.75, 3.05) is 26.2 Å². The average Bonchev–Trinajstić information content (AvgIpc) is 3.22. The molecule has 0 spiro atoms. The maximum absolute atomic E-state index is 12.8. The van der Waals surface area contributed by atoms with Gasteiger partial charge in [0.05, 0.1) is 0 Å². The van der Waals surface area contributed by atoms with Crippen LogP contribution >= 0.6 is 0 Å². The lowest BCUT2D eigenvalue weighted by molar-refractivity contribution is -0.133. The molecule has 31 heavy (non-hydrogen) atoms. The zero-order valence-corrected chi connectivity index (χ0v) is 19.5. The lowest BCUT2D eigenvalue weighted by Crippen LogP contribution is -2.52. The number of likely N-dealkylation sites (tertiary alicyclic amines) is 1. The van der Waals surface area contributed by atoms with Crippen molar-refractivity contribution in [3.05, 3.63) is 18.2 Å². The number of nitrogens with zero attached hydrogens (tertiary/aromatic N) is 4. The first-order valence-electron chi connectivity index (χ1n) is 12.4. The third kappa shape index (κ3) is 6.97. The summed E-state index contributed by atoms with van der Waals surface area (Å²) in [5.41, 5.74) is 0. The van der Waals surface area contributed by atoms with Crippen LogP contribution in [0.25, 0.3) is 0 Å². The van der Waals surface area contributed by atoms with Gasteiger partial charge in [0.25, 0.3) is 0 Å². The Morgan fingerprint density at radius 2 is 1.90 bits per heavy atom. The SMILES string of the molecule is CCCNC(=O)N(CCn1ccnc1C)C1CCN(C(=O)CCC2CCCCC2)CC1. The molecule has 0 radical (unpaired) electrons. The van der Waals surface area contributed by atoms with E-state index in [-0.39, 0.29) is 12.1 Å². The van der Waals surface area contributed by atoms with Gasteiger partial charge in [0, 0.05) is 57.6 Å². The largest absolute Gasteiger partial charge is 0.343 e. The van der Waals surface area contributed by atoms with E-state index in [0.29, 0.717) is 25.4 Å². The van der Waals surface area contributed by atoms with Crippen LogP contribution in [-0.2, 0) is 11.3 Å². The molecule has 2 fully saturated rings. The van der Waals surface area contributed by atoms with Gasteiger partial charge in [-0.15, -0.1) is 0 Å². The Balaban J connectivity index is 1.49. The summed E-state index contributed by atoms with van der Waals surface area (Å²) in [6, 6.07) is 0.199. The predicted octanol–water partition coefficient (Wildman–Crippen LogP) is 3.96. The van der Waals surface area contributed by atoms with Crippen LogP contribution in [0.5, 0.6) is 0 Å². The van der Waals surface area contributed by atoms with Gasteiger partial charge >= 0.3 is 6.03 Å². The summed E-state index contributed by atoms with van der Waals surface area (Å²) in [6.45, 7) is 7.67. The zero-order chi connectivity index (χ0) is 22.1. The summed E-state index contributed by atoms with van der Waals surface area (Å²) in [5.74, 6) is 2.02. The van der Waals surface area contributed by atoms with E-state index in [2.05, 4.69) is 21.8 Å². The summed E-state index contributed by atoms with van der Waals surface area (Å²) in [7, 11) is 0. The van der Waals surface area contributed by atoms with Gasteiger partial charge in [-0.1, -0.05) is 39.0 Å². The minimum absolute atomic E-state index is 0.0155. The van der Waals surface area contributed by atoms with E-state index in [9.17, 15) is 9.59 Å². The third-order valence-corrected chi connectivity index (χ3v) is 7.04. The molecule has 1 aliphatic carbocycles. The molecule has 1 saturated carbocycles. The van der Waals surface area contributed by atoms with E-state index in [1.54, 1.807) is 6.20 Å². The average molecular weight is 432 g/mol. The van der Waals surface area contributed by atoms with Crippen molar-refractivity contribution in [1.29, 1.82) is 0 Å². The number of carbonyl (C=O) groups excluding carboxylic acids is 2. The van der Waals surface area contributed by atoms with Crippen LogP contribution in [0.15, 0.2) is 12.4 Å². The number of nitrogens with one attached hydrogen (secondary N) is 1. The third-order valence-electron chi connectivity index (χ3n) is 7.04. The standard InChI is InChI=1S/C24H41N5O2/c1-3-13-26-24(31)29(19-18-27-17-14-25-20(27)2)22-11-15-28(16-12-22)23(30)10-9-21-7-5-4-6-8-21/h14,17,21-22H,3-13,15-16,18-19H2,1-2H3,(H,26,31). The van der Waals surface area contributed by atoms with E-state index >= 15 is 0 Å². The Morgan fingerprint density at radius 3 is 2.55 bits per heavy atom. The molecule has 7 nitrogen and oxygen atoms in total. The molecule has 7 heteroatoms. The molecule has 1 saturated heterocycles. The number of rotatable bonds is 9. The zero-order valence-electron chi connectivity index (χ0n) is 19.5. The molecule has 2 aliphatic rings. The summed E-state index contributed by atoms with van der Waals surface area (Å²) in [4.78, 5) is 33.9. The Kier molecular flexibility index (Phi) is 9.22. The molecule has 0 bridgehead atoms. The van der Waals surface area contributed by atoms with Crippen molar-refractivity contribution in [1.82, 2.24) is 24.7 Å². The van der Waals surface area contributed by atoms with Crippen molar-refractivity contribution in [2.45, 2.75) is 90.6 Å². The van der Waals surface area contributed by atoms with Gasteiger partial charge in [0.1, 0.15) is 5.82 Å². The van der Waals surface area contributed by atoms with E-state index in [1.165, 1.54) is 32.1 Å². The minimum Gasteiger partial charge on any atom is -0.343 e. The Morgan fingerprint density at radius 1 is 1.16 bits per heavy atom. The summed E-state index contributed by atoms with van der Waals surface area (Å²) in [5, 5.41) is 3.05. The second kappa shape index (κ2) is 12.1. The van der Waals surface area contributed by atoms with Crippen LogP contribution in [-0.4, -0.2) is 63.5 Å². The van der Waals surface area contributed by atoms with Crippen LogP contribution < -0.4 is 5.32 Å². The Bertz CT molecular complexity index is 690. The van der Waals surface area contributed by atoms with E-state index < -0.39 is 0 Å². The highest BCUT2D eigenvalue weighted by atomic mass is 16.2. The molecule has 174 valence electrons. The van der Waals surface area contributed by atoms with Gasteiger partial charge in [-0.2, -0.15) is 0 Å². The molecular formula is C24H41N5O2. The van der Waals surface area contributed by atoms with E-state index in [4.69, 9.17) is 0 Å². The normalized spacial score (nSPS) is 18.2. The first-order valence-corrected chi connectivity index (χ1v) is 12.4. The van der Waals surface area contributed by atoms with Crippen molar-refractivity contribution >= 4 is 11.9 Å². The van der Waals surface area contributed by atoms with E-state index in [0.717, 1.165) is 57.1 Å². The fourth-order valence-electron chi connectivity index (χ4n) is 5.03. The second-order valence-corrected chi connectivity index (χ2v) is 9.25. The Labute approximate surface area is 187 Å². The number of amides is 3. The van der Waals surface area contributed by atoms with E-state index in [1.807, 2.05) is 22.9 Å². The maximum atomic E-state index is 12.8. The summed E-state index contributed by atoms with van der Waals surface area (Å²) < 4.78 is 2.09. The molecule has 1 N–H and O–H groups in total. The van der Waals surface area contributed by atoms with Crippen molar-refractivity contribution in [2.24, 2.45) is 5.92 Å². The second-order valence-electron chi connectivity index (χ2n) is 9.25. The number of piperidine rings is 1. The molecule has 3 amide bonds. The highest BCUT2D eigenvalue weighted by Crippen LogP contribution is 2.28. The molecule has 3 rings (SSSR count). The van der Waals surface area contributed by atoms with Gasteiger partial charge in [-0.3, -0.25) is 4.79 Å². The maximum Gasteiger partial charge on any atom is 0.317 e. The first-order chi connectivity index (χ1) is 15.1. The number of aryl methyl sites for hydroxylation is 1. The molecule has 0 atom stereocenters. The fourth-order valence-corrected chi connectivity index (χ4v) is 5.03. The topological polar surface area (TPSA) is 70.5 Å². The number of hydrogen-bond donors (Lipinski definition) is 1. The van der Waals surface area contributed by atoms with Gasteiger partial charge in [-0.05, 0) is 38.5 Å². The van der Waals surface area contributed by atoms with Crippen LogP contribution in [0.4, 0.5) is 4.79 Å². The summed E-state index contributed by atoms with van der Waals surface area (Å²) in [6.07, 6.45) is 14.8. The molecule has 1 aliphatic heterocycles. The highest BCUT2D eigenvalue weighted by molar-refractivity contribution is 5.76. The lowest BCUT2D eigenvalue weighted by Gasteiger charge is -2.39. The number of hydrogen-bond acceptors (Lipinski definition) is 3. The van der Waals surface area contributed by atoms with Gasteiger partial charge in [-0.25, -0.2) is 9.78 Å². The number of aromatic nitrogens is 2. The summed E-state index contributed by atoms with van der Waals surface area (Å²) >= 11 is 0. The van der Waals surface area contributed by atoms with Crippen LogP contribution in [0.1, 0.15) is 77.0 Å². The quantitative estimate of drug-likeness (QED) is 0.643. The van der Waals surface area contributed by atoms with Gasteiger partial charge in [0.2, 0.25) is 5.91 Å². The lowest BCUT2D eigenvalue weighted by atomic mass is 9.86. The number of imidazole rings is 1. The highest BCUT2D eigenvalue weighted by Gasteiger charge is 2.29. The molecule has 2 heterocycles. The Hall–Kier alpha value is -2.05. The van der Waals surface area contributed by atoms with Crippen LogP contribution in [0, 0.1) is 12.8 Å². The van der Waals surface area contributed by atoms with Crippen molar-refractivity contribution < 1.29 is 9.59 Å². The first kappa shape index (κ1) is 23.6. The predicted molar refractivity (Wildman–Crippen MR) is 123 cm³/mol. The van der Waals surface area contributed by atoms with Crippen molar-refractivity contribution in [3.8, 4) is 0 Å². The van der Waals surface area contributed by atoms with Crippen LogP contribution in [0.3, 0.4) is 0 Å². The molecule has 1 aromatic heterocycles. The molecule has 1 aromatic rings. The number of urea groups is 1. The smallest absolute Gasteiger partial charge is 0.317 e. The van der Waals surface area contributed by atoms with Crippen molar-refractivity contribution in [3.63, 3.8) is 0 Å². The number of carbonyl (C=O) groups is 2. The van der Waals surface area contributed by atoms with Gasteiger partial charge < -0.3 is 19.7 Å².